The third-order valence-electron chi connectivity index (χ3n) is 3.51. The molecule has 1 fully saturated rings. The average molecular weight is 378 g/mol. The summed E-state index contributed by atoms with van der Waals surface area (Å²) in [5.74, 6) is 1.33. The fraction of sp³-hybridized carbons (Fsp3) is 0.368. The number of nitrogens with zero attached hydrogens (tertiary/aromatic N) is 1. The molecule has 1 amide bonds. The zero-order chi connectivity index (χ0) is 18.2. The van der Waals surface area contributed by atoms with E-state index >= 15 is 0 Å². The number of rotatable bonds is 9. The molecule has 1 heterocycles. The molecule has 0 unspecified atom stereocenters. The Morgan fingerprint density at radius 2 is 2.08 bits per heavy atom. The number of ether oxygens (including phenoxy) is 2. The van der Waals surface area contributed by atoms with Gasteiger partial charge < -0.3 is 9.47 Å². The van der Waals surface area contributed by atoms with E-state index in [4.69, 9.17) is 21.7 Å². The molecule has 0 N–H and O–H groups in total. The first-order valence-corrected chi connectivity index (χ1v) is 9.59. The first-order valence-electron chi connectivity index (χ1n) is 8.36. The normalized spacial score (nSPS) is 15.8. The molecule has 0 atom stereocenters. The van der Waals surface area contributed by atoms with Gasteiger partial charge >= 0.3 is 0 Å². The van der Waals surface area contributed by atoms with Gasteiger partial charge in [-0.15, -0.1) is 6.58 Å². The summed E-state index contributed by atoms with van der Waals surface area (Å²) in [6.45, 7) is 9.36. The summed E-state index contributed by atoms with van der Waals surface area (Å²) >= 11 is 6.56. The fourth-order valence-electron chi connectivity index (χ4n) is 2.27. The van der Waals surface area contributed by atoms with Gasteiger partial charge in [0.15, 0.2) is 11.5 Å². The third-order valence-corrected chi connectivity index (χ3v) is 4.88. The largest absolute Gasteiger partial charge is 0.490 e. The van der Waals surface area contributed by atoms with Crippen LogP contribution in [0.25, 0.3) is 6.08 Å². The molecule has 0 spiro atoms. The van der Waals surface area contributed by atoms with Gasteiger partial charge in [0.25, 0.3) is 5.91 Å². The Bertz CT molecular complexity index is 685. The van der Waals surface area contributed by atoms with Crippen molar-refractivity contribution in [3.05, 3.63) is 41.3 Å². The number of thioether (sulfide) groups is 1. The molecular formula is C19H23NO3S2. The van der Waals surface area contributed by atoms with Crippen LogP contribution in [-0.2, 0) is 4.79 Å². The first-order chi connectivity index (χ1) is 12.1. The van der Waals surface area contributed by atoms with E-state index < -0.39 is 0 Å². The highest BCUT2D eigenvalue weighted by molar-refractivity contribution is 8.26. The maximum absolute atomic E-state index is 12.4. The Labute approximate surface area is 158 Å². The van der Waals surface area contributed by atoms with Gasteiger partial charge in [-0.3, -0.25) is 9.69 Å². The van der Waals surface area contributed by atoms with Gasteiger partial charge in [-0.1, -0.05) is 49.5 Å². The van der Waals surface area contributed by atoms with Gasteiger partial charge in [-0.2, -0.15) is 0 Å². The molecule has 4 nitrogen and oxygen atoms in total. The Morgan fingerprint density at radius 1 is 1.28 bits per heavy atom. The smallest absolute Gasteiger partial charge is 0.266 e. The van der Waals surface area contributed by atoms with Crippen LogP contribution in [0.3, 0.4) is 0 Å². The maximum Gasteiger partial charge on any atom is 0.266 e. The first kappa shape index (κ1) is 19.5. The molecule has 6 heteroatoms. The van der Waals surface area contributed by atoms with Crippen molar-refractivity contribution in [1.82, 2.24) is 4.90 Å². The summed E-state index contributed by atoms with van der Waals surface area (Å²) in [4.78, 5) is 14.6. The molecule has 134 valence electrons. The minimum absolute atomic E-state index is 0.0869. The highest BCUT2D eigenvalue weighted by Crippen LogP contribution is 2.34. The molecule has 0 saturated carbocycles. The van der Waals surface area contributed by atoms with Gasteiger partial charge in [-0.05, 0) is 37.1 Å². The number of hydrogen-bond donors (Lipinski definition) is 0. The molecule has 1 aliphatic rings. The lowest BCUT2D eigenvalue weighted by Crippen LogP contribution is -2.27. The summed E-state index contributed by atoms with van der Waals surface area (Å²) in [7, 11) is 0. The Morgan fingerprint density at radius 3 is 2.76 bits per heavy atom. The number of amides is 1. The van der Waals surface area contributed by atoms with E-state index in [2.05, 4.69) is 13.5 Å². The average Bonchev–Trinajstić information content (AvgIpc) is 2.85. The molecule has 0 aliphatic carbocycles. The molecule has 2 rings (SSSR count). The highest BCUT2D eigenvalue weighted by atomic mass is 32.2. The topological polar surface area (TPSA) is 38.8 Å². The summed E-state index contributed by atoms with van der Waals surface area (Å²) in [6.07, 6.45) is 5.58. The minimum Gasteiger partial charge on any atom is -0.490 e. The van der Waals surface area contributed by atoms with Crippen LogP contribution in [0, 0.1) is 0 Å². The van der Waals surface area contributed by atoms with Crippen LogP contribution < -0.4 is 9.47 Å². The standard InChI is InChI=1S/C19H23NO3S2/c1-4-7-11-23-15-9-8-14(12-16(15)22-6-3)13-17-18(21)20(10-5-2)19(24)25-17/h5,8-9,12-13H,2,4,6-7,10-11H2,1,3H3/b17-13-. The van der Waals surface area contributed by atoms with Crippen molar-refractivity contribution in [2.75, 3.05) is 19.8 Å². The summed E-state index contributed by atoms with van der Waals surface area (Å²) in [5.41, 5.74) is 0.880. The Kier molecular flexibility index (Phi) is 7.52. The third kappa shape index (κ3) is 5.09. The summed E-state index contributed by atoms with van der Waals surface area (Å²) in [5, 5.41) is 0. The SMILES string of the molecule is C=CCN1C(=O)/C(=C/c2ccc(OCCCC)c(OCC)c2)SC1=S. The monoisotopic (exact) mass is 377 g/mol. The molecule has 0 radical (unpaired) electrons. The Balaban J connectivity index is 2.21. The van der Waals surface area contributed by atoms with Crippen molar-refractivity contribution in [2.24, 2.45) is 0 Å². The van der Waals surface area contributed by atoms with Gasteiger partial charge in [0.2, 0.25) is 0 Å². The zero-order valence-corrected chi connectivity index (χ0v) is 16.3. The van der Waals surface area contributed by atoms with Gasteiger partial charge in [0, 0.05) is 6.54 Å². The summed E-state index contributed by atoms with van der Waals surface area (Å²) in [6, 6.07) is 5.70. The number of thiocarbonyl (C=S) groups is 1. The molecule has 1 aliphatic heterocycles. The predicted molar refractivity (Wildman–Crippen MR) is 108 cm³/mol. The lowest BCUT2D eigenvalue weighted by atomic mass is 10.2. The lowest BCUT2D eigenvalue weighted by Gasteiger charge is -2.12. The molecular weight excluding hydrogens is 354 g/mol. The zero-order valence-electron chi connectivity index (χ0n) is 14.6. The quantitative estimate of drug-likeness (QED) is 0.271. The highest BCUT2D eigenvalue weighted by Gasteiger charge is 2.30. The van der Waals surface area contributed by atoms with Crippen LogP contribution in [0.4, 0.5) is 0 Å². The van der Waals surface area contributed by atoms with Crippen LogP contribution in [0.2, 0.25) is 0 Å². The fourth-order valence-corrected chi connectivity index (χ4v) is 3.54. The predicted octanol–water partition coefficient (Wildman–Crippen LogP) is 4.65. The number of unbranched alkanes of at least 4 members (excludes halogenated alkanes) is 1. The number of carbonyl (C=O) groups is 1. The second-order valence-electron chi connectivity index (χ2n) is 5.42. The van der Waals surface area contributed by atoms with Crippen LogP contribution in [0.1, 0.15) is 32.3 Å². The van der Waals surface area contributed by atoms with Crippen molar-refractivity contribution in [3.8, 4) is 11.5 Å². The molecule has 0 bridgehead atoms. The van der Waals surface area contributed by atoms with E-state index in [1.165, 1.54) is 11.8 Å². The van der Waals surface area contributed by atoms with Crippen molar-refractivity contribution < 1.29 is 14.3 Å². The van der Waals surface area contributed by atoms with Crippen molar-refractivity contribution >= 4 is 40.3 Å². The maximum atomic E-state index is 12.4. The van der Waals surface area contributed by atoms with Gasteiger partial charge in [-0.25, -0.2) is 0 Å². The van der Waals surface area contributed by atoms with E-state index in [0.29, 0.717) is 34.7 Å². The summed E-state index contributed by atoms with van der Waals surface area (Å²) < 4.78 is 12.0. The van der Waals surface area contributed by atoms with Gasteiger partial charge in [0.05, 0.1) is 18.1 Å². The molecule has 1 aromatic carbocycles. The van der Waals surface area contributed by atoms with Gasteiger partial charge in [0.1, 0.15) is 4.32 Å². The van der Waals surface area contributed by atoms with Crippen LogP contribution in [-0.4, -0.2) is 34.9 Å². The lowest BCUT2D eigenvalue weighted by molar-refractivity contribution is -0.121. The van der Waals surface area contributed by atoms with Crippen molar-refractivity contribution in [3.63, 3.8) is 0 Å². The number of carbonyl (C=O) groups excluding carboxylic acids is 1. The van der Waals surface area contributed by atoms with E-state index in [1.54, 1.807) is 11.0 Å². The molecule has 25 heavy (non-hydrogen) atoms. The van der Waals surface area contributed by atoms with E-state index in [1.807, 2.05) is 31.2 Å². The Hall–Kier alpha value is -1.79. The van der Waals surface area contributed by atoms with E-state index in [-0.39, 0.29) is 5.91 Å². The second kappa shape index (κ2) is 9.63. The number of benzene rings is 1. The van der Waals surface area contributed by atoms with Crippen LogP contribution in [0.15, 0.2) is 35.8 Å². The van der Waals surface area contributed by atoms with Crippen LogP contribution in [0.5, 0.6) is 11.5 Å². The van der Waals surface area contributed by atoms with Crippen molar-refractivity contribution in [2.45, 2.75) is 26.7 Å². The number of hydrogen-bond acceptors (Lipinski definition) is 5. The molecule has 1 saturated heterocycles. The molecule has 1 aromatic rings. The minimum atomic E-state index is -0.0869. The van der Waals surface area contributed by atoms with E-state index in [0.717, 1.165) is 24.2 Å². The van der Waals surface area contributed by atoms with Crippen molar-refractivity contribution in [1.29, 1.82) is 0 Å². The van der Waals surface area contributed by atoms with E-state index in [9.17, 15) is 4.79 Å². The van der Waals surface area contributed by atoms with Crippen LogP contribution >= 0.6 is 24.0 Å². The second-order valence-corrected chi connectivity index (χ2v) is 7.10. The molecule has 0 aromatic heterocycles.